The third kappa shape index (κ3) is 6.33. The molecule has 0 bridgehead atoms. The van der Waals surface area contributed by atoms with E-state index < -0.39 is 8.56 Å². The largest absolute Gasteiger partial charge is 0.398 e. The van der Waals surface area contributed by atoms with Crippen molar-refractivity contribution in [3.63, 3.8) is 0 Å². The molecule has 0 aromatic heterocycles. The summed E-state index contributed by atoms with van der Waals surface area (Å²) < 4.78 is 11.7. The van der Waals surface area contributed by atoms with E-state index in [2.05, 4.69) is 27.7 Å². The Morgan fingerprint density at radius 2 is 1.80 bits per heavy atom. The van der Waals surface area contributed by atoms with Crippen LogP contribution in [0.25, 0.3) is 0 Å². The lowest BCUT2D eigenvalue weighted by Crippen LogP contribution is -2.41. The standard InChI is InChI=1S/C12H28O2Si/c1-6-8-10-15(13-5,14-7-2)11-9-12(3)4/h12H,6-11H2,1-5H3. The molecule has 0 spiro atoms. The fourth-order valence-corrected chi connectivity index (χ4v) is 5.25. The highest BCUT2D eigenvalue weighted by molar-refractivity contribution is 6.67. The van der Waals surface area contributed by atoms with Crippen LogP contribution in [-0.2, 0) is 8.85 Å². The molecule has 0 fully saturated rings. The zero-order chi connectivity index (χ0) is 11.7. The molecular weight excluding hydrogens is 204 g/mol. The van der Waals surface area contributed by atoms with Crippen molar-refractivity contribution >= 4 is 8.56 Å². The molecule has 0 aliphatic rings. The molecule has 3 heteroatoms. The minimum absolute atomic E-state index is 0.745. The molecule has 0 aromatic rings. The van der Waals surface area contributed by atoms with Gasteiger partial charge in [0.2, 0.25) is 0 Å². The van der Waals surface area contributed by atoms with E-state index in [0.29, 0.717) is 0 Å². The average molecular weight is 232 g/mol. The molecule has 92 valence electrons. The van der Waals surface area contributed by atoms with E-state index in [1.807, 2.05) is 7.11 Å². The molecule has 0 aliphatic carbocycles. The molecule has 0 amide bonds. The first-order valence-corrected chi connectivity index (χ1v) is 8.52. The summed E-state index contributed by atoms with van der Waals surface area (Å²) in [7, 11) is -0.0220. The highest BCUT2D eigenvalue weighted by Crippen LogP contribution is 2.25. The van der Waals surface area contributed by atoms with Crippen LogP contribution in [0.1, 0.15) is 47.0 Å². The Morgan fingerprint density at radius 3 is 2.20 bits per heavy atom. The summed E-state index contributed by atoms with van der Waals surface area (Å²) in [6, 6.07) is 2.30. The van der Waals surface area contributed by atoms with Gasteiger partial charge in [-0.1, -0.05) is 33.6 Å². The molecule has 0 N–H and O–H groups in total. The Hall–Kier alpha value is 0.137. The summed E-state index contributed by atoms with van der Waals surface area (Å²) in [6.07, 6.45) is 3.69. The molecular formula is C12H28O2Si. The van der Waals surface area contributed by atoms with Gasteiger partial charge in [-0.2, -0.15) is 0 Å². The van der Waals surface area contributed by atoms with Gasteiger partial charge in [-0.15, -0.1) is 0 Å². The Kier molecular flexibility index (Phi) is 8.38. The van der Waals surface area contributed by atoms with Crippen molar-refractivity contribution in [1.82, 2.24) is 0 Å². The highest BCUT2D eigenvalue weighted by Gasteiger charge is 2.35. The fraction of sp³-hybridized carbons (Fsp3) is 1.00. The van der Waals surface area contributed by atoms with E-state index in [-0.39, 0.29) is 0 Å². The number of hydrogen-bond acceptors (Lipinski definition) is 2. The normalized spacial score (nSPS) is 15.6. The predicted molar refractivity (Wildman–Crippen MR) is 68.4 cm³/mol. The van der Waals surface area contributed by atoms with Crippen molar-refractivity contribution in [2.45, 2.75) is 59.0 Å². The fourth-order valence-electron chi connectivity index (χ4n) is 1.75. The van der Waals surface area contributed by atoms with E-state index in [9.17, 15) is 0 Å². The SMILES string of the molecule is CCCC[Si](CCC(C)C)(OC)OCC. The first kappa shape index (κ1) is 15.1. The Morgan fingerprint density at radius 1 is 1.13 bits per heavy atom. The summed E-state index contributed by atoms with van der Waals surface area (Å²) in [5, 5.41) is 0. The molecule has 0 radical (unpaired) electrons. The van der Waals surface area contributed by atoms with Gasteiger partial charge in [0.1, 0.15) is 0 Å². The maximum atomic E-state index is 5.95. The van der Waals surface area contributed by atoms with Crippen molar-refractivity contribution in [2.75, 3.05) is 13.7 Å². The van der Waals surface area contributed by atoms with Crippen LogP contribution in [0, 0.1) is 5.92 Å². The zero-order valence-corrected chi connectivity index (χ0v) is 12.1. The van der Waals surface area contributed by atoms with Crippen LogP contribution in [-0.4, -0.2) is 22.3 Å². The minimum atomic E-state index is -1.85. The van der Waals surface area contributed by atoms with Crippen LogP contribution in [0.2, 0.25) is 12.1 Å². The molecule has 0 heterocycles. The molecule has 0 aliphatic heterocycles. The summed E-state index contributed by atoms with van der Waals surface area (Å²) in [6.45, 7) is 9.62. The lowest BCUT2D eigenvalue weighted by Gasteiger charge is -2.29. The average Bonchev–Trinajstić information content (AvgIpc) is 2.22. The van der Waals surface area contributed by atoms with Crippen molar-refractivity contribution in [3.8, 4) is 0 Å². The van der Waals surface area contributed by atoms with E-state index in [1.54, 1.807) is 0 Å². The van der Waals surface area contributed by atoms with Gasteiger partial charge >= 0.3 is 8.56 Å². The Balaban J connectivity index is 4.21. The number of rotatable bonds is 9. The molecule has 0 rings (SSSR count). The van der Waals surface area contributed by atoms with Crippen LogP contribution in [0.3, 0.4) is 0 Å². The highest BCUT2D eigenvalue weighted by atomic mass is 28.4. The van der Waals surface area contributed by atoms with Crippen molar-refractivity contribution < 1.29 is 8.85 Å². The second-order valence-electron chi connectivity index (χ2n) is 4.58. The van der Waals surface area contributed by atoms with Gasteiger partial charge in [0.25, 0.3) is 0 Å². The van der Waals surface area contributed by atoms with Crippen molar-refractivity contribution in [3.05, 3.63) is 0 Å². The van der Waals surface area contributed by atoms with Gasteiger partial charge in [-0.05, 0) is 31.4 Å². The minimum Gasteiger partial charge on any atom is -0.398 e. The zero-order valence-electron chi connectivity index (χ0n) is 11.1. The lowest BCUT2D eigenvalue weighted by atomic mass is 10.2. The van der Waals surface area contributed by atoms with Crippen LogP contribution in [0.5, 0.6) is 0 Å². The van der Waals surface area contributed by atoms with Gasteiger partial charge < -0.3 is 8.85 Å². The van der Waals surface area contributed by atoms with Crippen LogP contribution < -0.4 is 0 Å². The van der Waals surface area contributed by atoms with Gasteiger partial charge in [0.05, 0.1) is 0 Å². The van der Waals surface area contributed by atoms with E-state index in [0.717, 1.165) is 24.6 Å². The van der Waals surface area contributed by atoms with Crippen LogP contribution >= 0.6 is 0 Å². The molecule has 1 atom stereocenters. The predicted octanol–water partition coefficient (Wildman–Crippen LogP) is 3.96. The smallest absolute Gasteiger partial charge is 0.337 e. The van der Waals surface area contributed by atoms with Crippen molar-refractivity contribution in [2.24, 2.45) is 5.92 Å². The molecule has 0 saturated carbocycles. The van der Waals surface area contributed by atoms with Gasteiger partial charge in [-0.25, -0.2) is 0 Å². The van der Waals surface area contributed by atoms with Crippen LogP contribution in [0.15, 0.2) is 0 Å². The second kappa shape index (κ2) is 8.31. The van der Waals surface area contributed by atoms with E-state index in [1.165, 1.54) is 19.3 Å². The summed E-state index contributed by atoms with van der Waals surface area (Å²) >= 11 is 0. The van der Waals surface area contributed by atoms with Crippen LogP contribution in [0.4, 0.5) is 0 Å². The van der Waals surface area contributed by atoms with Crippen molar-refractivity contribution in [1.29, 1.82) is 0 Å². The second-order valence-corrected chi connectivity index (χ2v) is 8.10. The third-order valence-corrected chi connectivity index (χ3v) is 6.52. The summed E-state index contributed by atoms with van der Waals surface area (Å²) in [4.78, 5) is 0. The molecule has 0 aromatic carbocycles. The first-order valence-electron chi connectivity index (χ1n) is 6.29. The topological polar surface area (TPSA) is 18.5 Å². The molecule has 1 unspecified atom stereocenters. The number of hydrogen-bond donors (Lipinski definition) is 0. The first-order chi connectivity index (χ1) is 7.10. The van der Waals surface area contributed by atoms with Gasteiger partial charge in [0.15, 0.2) is 0 Å². The van der Waals surface area contributed by atoms with E-state index >= 15 is 0 Å². The Bertz CT molecular complexity index is 151. The molecule has 2 nitrogen and oxygen atoms in total. The Labute approximate surface area is 96.6 Å². The maximum Gasteiger partial charge on any atom is 0.337 e. The molecule has 15 heavy (non-hydrogen) atoms. The third-order valence-electron chi connectivity index (χ3n) is 2.79. The quantitative estimate of drug-likeness (QED) is 0.560. The van der Waals surface area contributed by atoms with Gasteiger partial charge in [-0.3, -0.25) is 0 Å². The summed E-state index contributed by atoms with van der Waals surface area (Å²) in [5.74, 6) is 0.745. The monoisotopic (exact) mass is 232 g/mol. The van der Waals surface area contributed by atoms with Gasteiger partial charge in [0, 0.05) is 13.7 Å². The lowest BCUT2D eigenvalue weighted by molar-refractivity contribution is 0.204. The summed E-state index contributed by atoms with van der Waals surface area (Å²) in [5.41, 5.74) is 0. The van der Waals surface area contributed by atoms with E-state index in [4.69, 9.17) is 8.85 Å². The maximum absolute atomic E-state index is 5.95. The molecule has 0 saturated heterocycles. The number of unbranched alkanes of at least 4 members (excludes halogenated alkanes) is 1.